The van der Waals surface area contributed by atoms with Gasteiger partial charge in [0, 0.05) is 22.4 Å². The Morgan fingerprint density at radius 1 is 1.11 bits per heavy atom. The van der Waals surface area contributed by atoms with Crippen LogP contribution in [0.15, 0.2) is 43.0 Å². The van der Waals surface area contributed by atoms with Crippen molar-refractivity contribution in [3.8, 4) is 11.1 Å². The van der Waals surface area contributed by atoms with Gasteiger partial charge in [-0.2, -0.15) is 10.2 Å². The zero-order valence-corrected chi connectivity index (χ0v) is 12.5. The molecule has 0 radical (unpaired) electrons. The molecule has 1 aromatic carbocycles. The van der Waals surface area contributed by atoms with Gasteiger partial charge in [0.15, 0.2) is 0 Å². The molecule has 0 spiro atoms. The summed E-state index contributed by atoms with van der Waals surface area (Å²) in [5, 5.41) is 8.42. The van der Waals surface area contributed by atoms with Crippen molar-refractivity contribution < 1.29 is 0 Å². The highest BCUT2D eigenvalue weighted by atomic mass is 127. The van der Waals surface area contributed by atoms with Crippen LogP contribution < -0.4 is 0 Å². The summed E-state index contributed by atoms with van der Waals surface area (Å²) >= 11 is 2.30. The van der Waals surface area contributed by atoms with Gasteiger partial charge in [-0.1, -0.05) is 12.1 Å². The number of nitrogens with zero attached hydrogens (tertiary/aromatic N) is 5. The highest BCUT2D eigenvalue weighted by Gasteiger charge is 2.05. The van der Waals surface area contributed by atoms with Crippen LogP contribution in [0, 0.1) is 3.57 Å². The maximum Gasteiger partial charge on any atom is 0.148 e. The topological polar surface area (TPSA) is 48.5 Å². The molecule has 0 aliphatic heterocycles. The predicted molar refractivity (Wildman–Crippen MR) is 80.5 cm³/mol. The van der Waals surface area contributed by atoms with Crippen molar-refractivity contribution in [1.29, 1.82) is 0 Å². The molecule has 5 nitrogen and oxygen atoms in total. The molecular weight excluding hydrogens is 353 g/mol. The van der Waals surface area contributed by atoms with Crippen molar-refractivity contribution in [3.05, 3.63) is 52.4 Å². The molecule has 0 aliphatic carbocycles. The Hall–Kier alpha value is -1.70. The van der Waals surface area contributed by atoms with Gasteiger partial charge < -0.3 is 0 Å². The zero-order chi connectivity index (χ0) is 13.2. The second kappa shape index (κ2) is 5.12. The van der Waals surface area contributed by atoms with Crippen LogP contribution in [0.3, 0.4) is 0 Å². The molecule has 3 aromatic rings. The van der Waals surface area contributed by atoms with E-state index in [4.69, 9.17) is 0 Å². The fourth-order valence-corrected chi connectivity index (χ4v) is 2.21. The van der Waals surface area contributed by atoms with E-state index in [0.717, 1.165) is 11.4 Å². The predicted octanol–water partition coefficient (Wildman–Crippen LogP) is 2.33. The molecule has 0 bridgehead atoms. The van der Waals surface area contributed by atoms with Gasteiger partial charge in [0.05, 0.1) is 6.20 Å². The third kappa shape index (κ3) is 2.67. The highest BCUT2D eigenvalue weighted by Crippen LogP contribution is 2.19. The second-order valence-corrected chi connectivity index (χ2v) is 5.48. The molecule has 96 valence electrons. The van der Waals surface area contributed by atoms with Crippen LogP contribution in [-0.4, -0.2) is 24.5 Å². The molecule has 2 aromatic heterocycles. The van der Waals surface area contributed by atoms with Gasteiger partial charge >= 0.3 is 0 Å². The smallest absolute Gasteiger partial charge is 0.148 e. The molecule has 6 heteroatoms. The van der Waals surface area contributed by atoms with Gasteiger partial charge in [0.2, 0.25) is 0 Å². The molecule has 0 saturated carbocycles. The van der Waals surface area contributed by atoms with Gasteiger partial charge in [-0.05, 0) is 40.3 Å². The zero-order valence-electron chi connectivity index (χ0n) is 10.4. The van der Waals surface area contributed by atoms with Gasteiger partial charge in [0.1, 0.15) is 18.7 Å². The Kier molecular flexibility index (Phi) is 3.33. The van der Waals surface area contributed by atoms with Crippen molar-refractivity contribution in [1.82, 2.24) is 24.5 Å². The van der Waals surface area contributed by atoms with E-state index < -0.39 is 0 Å². The maximum absolute atomic E-state index is 4.36. The summed E-state index contributed by atoms with van der Waals surface area (Å²) in [5.41, 5.74) is 2.28. The number of hydrogen-bond donors (Lipinski definition) is 0. The first-order valence-electron chi connectivity index (χ1n) is 5.83. The molecule has 0 amide bonds. The lowest BCUT2D eigenvalue weighted by atomic mass is 10.1. The Balaban J connectivity index is 1.83. The van der Waals surface area contributed by atoms with Crippen molar-refractivity contribution in [2.45, 2.75) is 6.54 Å². The normalized spacial score (nSPS) is 10.8. The number of benzene rings is 1. The lowest BCUT2D eigenvalue weighted by Crippen LogP contribution is -2.06. The van der Waals surface area contributed by atoms with Crippen molar-refractivity contribution in [2.75, 3.05) is 0 Å². The largest absolute Gasteiger partial charge is 0.264 e. The second-order valence-electron chi connectivity index (χ2n) is 4.23. The van der Waals surface area contributed by atoms with E-state index in [9.17, 15) is 0 Å². The van der Waals surface area contributed by atoms with E-state index in [-0.39, 0.29) is 0 Å². The van der Waals surface area contributed by atoms with E-state index in [2.05, 4.69) is 62.0 Å². The quantitative estimate of drug-likeness (QED) is 0.670. The molecular formula is C13H12IN5. The molecule has 0 fully saturated rings. The Morgan fingerprint density at radius 3 is 2.58 bits per heavy atom. The average Bonchev–Trinajstić information content (AvgIpc) is 3.01. The maximum atomic E-state index is 4.36. The monoisotopic (exact) mass is 365 g/mol. The summed E-state index contributed by atoms with van der Waals surface area (Å²) in [6.07, 6.45) is 5.45. The van der Waals surface area contributed by atoms with E-state index >= 15 is 0 Å². The Labute approximate surface area is 124 Å². The van der Waals surface area contributed by atoms with Crippen LogP contribution >= 0.6 is 22.6 Å². The van der Waals surface area contributed by atoms with E-state index in [1.807, 2.05) is 24.1 Å². The fourth-order valence-electron chi connectivity index (χ4n) is 1.85. The summed E-state index contributed by atoms with van der Waals surface area (Å²) in [5.74, 6) is 0.886. The van der Waals surface area contributed by atoms with Crippen LogP contribution in [0.4, 0.5) is 0 Å². The number of rotatable bonds is 3. The molecule has 3 rings (SSSR count). The summed E-state index contributed by atoms with van der Waals surface area (Å²) in [6, 6.07) is 8.39. The van der Waals surface area contributed by atoms with E-state index in [1.165, 1.54) is 9.13 Å². The first kappa shape index (κ1) is 12.3. The molecule has 0 unspecified atom stereocenters. The number of aryl methyl sites for hydroxylation is 1. The van der Waals surface area contributed by atoms with Crippen LogP contribution in [0.5, 0.6) is 0 Å². The van der Waals surface area contributed by atoms with Crippen LogP contribution in [-0.2, 0) is 13.6 Å². The molecule has 0 saturated heterocycles. The van der Waals surface area contributed by atoms with Crippen LogP contribution in [0.2, 0.25) is 0 Å². The fraction of sp³-hybridized carbons (Fsp3) is 0.154. The van der Waals surface area contributed by atoms with Gasteiger partial charge in [0.25, 0.3) is 0 Å². The summed E-state index contributed by atoms with van der Waals surface area (Å²) in [7, 11) is 1.88. The van der Waals surface area contributed by atoms with Gasteiger partial charge in [-0.3, -0.25) is 9.36 Å². The minimum atomic E-state index is 0.626. The minimum Gasteiger partial charge on any atom is -0.264 e. The average molecular weight is 365 g/mol. The van der Waals surface area contributed by atoms with Crippen molar-refractivity contribution in [2.24, 2.45) is 7.05 Å². The van der Waals surface area contributed by atoms with Crippen molar-refractivity contribution >= 4 is 22.6 Å². The number of hydrogen-bond acceptors (Lipinski definition) is 3. The standard InChI is InChI=1S/C13H12IN5/c1-18-13(15-9-17-18)8-19-7-11(6-16-19)10-2-4-12(14)5-3-10/h2-7,9H,8H2,1H3. The third-order valence-electron chi connectivity index (χ3n) is 2.92. The Bertz CT molecular complexity index is 683. The molecule has 0 aliphatic rings. The number of aromatic nitrogens is 5. The molecule has 0 N–H and O–H groups in total. The highest BCUT2D eigenvalue weighted by molar-refractivity contribution is 14.1. The summed E-state index contributed by atoms with van der Waals surface area (Å²) < 4.78 is 4.86. The first-order chi connectivity index (χ1) is 9.22. The van der Waals surface area contributed by atoms with Crippen LogP contribution in [0.1, 0.15) is 5.82 Å². The van der Waals surface area contributed by atoms with Gasteiger partial charge in [-0.15, -0.1) is 0 Å². The SMILES string of the molecule is Cn1ncnc1Cn1cc(-c2ccc(I)cc2)cn1. The lowest BCUT2D eigenvalue weighted by Gasteiger charge is -2.00. The number of halogens is 1. The van der Waals surface area contributed by atoms with Crippen LogP contribution in [0.25, 0.3) is 11.1 Å². The summed E-state index contributed by atoms with van der Waals surface area (Å²) in [4.78, 5) is 4.19. The minimum absolute atomic E-state index is 0.626. The van der Waals surface area contributed by atoms with E-state index in [0.29, 0.717) is 6.54 Å². The molecule has 19 heavy (non-hydrogen) atoms. The van der Waals surface area contributed by atoms with Gasteiger partial charge in [-0.25, -0.2) is 4.98 Å². The lowest BCUT2D eigenvalue weighted by molar-refractivity contribution is 0.608. The van der Waals surface area contributed by atoms with E-state index in [1.54, 1.807) is 11.0 Å². The molecule has 2 heterocycles. The van der Waals surface area contributed by atoms with Crippen molar-refractivity contribution in [3.63, 3.8) is 0 Å². The third-order valence-corrected chi connectivity index (χ3v) is 3.64. The first-order valence-corrected chi connectivity index (χ1v) is 6.91. The summed E-state index contributed by atoms with van der Waals surface area (Å²) in [6.45, 7) is 0.626. The molecule has 0 atom stereocenters. The Morgan fingerprint density at radius 2 is 1.89 bits per heavy atom.